The van der Waals surface area contributed by atoms with E-state index in [1.54, 1.807) is 36.4 Å². The Morgan fingerprint density at radius 2 is 1.96 bits per heavy atom. The van der Waals surface area contributed by atoms with Crippen molar-refractivity contribution in [1.29, 1.82) is 0 Å². The third-order valence-electron chi connectivity index (χ3n) is 3.96. The molecule has 1 aromatic carbocycles. The molecule has 0 amide bonds. The predicted molar refractivity (Wildman–Crippen MR) is 98.5 cm³/mol. The highest BCUT2D eigenvalue weighted by Gasteiger charge is 2.40. The Labute approximate surface area is 164 Å². The molecule has 1 heterocycles. The van der Waals surface area contributed by atoms with Crippen LogP contribution in [0.5, 0.6) is 0 Å². The van der Waals surface area contributed by atoms with Crippen molar-refractivity contribution in [2.45, 2.75) is 31.2 Å². The average molecular weight is 394 g/mol. The van der Waals surface area contributed by atoms with Crippen LogP contribution < -0.4 is 0 Å². The van der Waals surface area contributed by atoms with E-state index in [1.165, 1.54) is 7.11 Å². The first-order valence-corrected chi connectivity index (χ1v) is 8.99. The predicted octanol–water partition coefficient (Wildman–Crippen LogP) is 2.08. The van der Waals surface area contributed by atoms with Crippen LogP contribution in [-0.2, 0) is 33.2 Å². The summed E-state index contributed by atoms with van der Waals surface area (Å²) >= 11 is 0. The molecule has 154 valence electrons. The van der Waals surface area contributed by atoms with Gasteiger partial charge in [-0.25, -0.2) is 4.79 Å². The first-order valence-electron chi connectivity index (χ1n) is 8.99. The van der Waals surface area contributed by atoms with Gasteiger partial charge < -0.3 is 28.4 Å². The van der Waals surface area contributed by atoms with Gasteiger partial charge in [-0.3, -0.25) is 4.79 Å². The number of esters is 1. The van der Waals surface area contributed by atoms with E-state index in [4.69, 9.17) is 28.4 Å². The standard InChI is InChI=1S/C20H26O8/c1-3-7-17(14-20(15-21)25-12-13-26-20)27-19(24-11-10-23-2)28-18(22)16-8-5-4-6-9-16/h3-6,8-9,15,17,19H,1,7,10-14H2,2H3/t17-,19-/m1/s1. The molecule has 8 heteroatoms. The zero-order chi connectivity index (χ0) is 20.2. The maximum absolute atomic E-state index is 12.4. The van der Waals surface area contributed by atoms with E-state index in [9.17, 15) is 9.59 Å². The molecule has 0 saturated carbocycles. The highest BCUT2D eigenvalue weighted by Crippen LogP contribution is 2.26. The van der Waals surface area contributed by atoms with Crippen molar-refractivity contribution in [3.63, 3.8) is 0 Å². The van der Waals surface area contributed by atoms with Crippen LogP contribution in [0.3, 0.4) is 0 Å². The first kappa shape index (κ1) is 22.2. The molecule has 0 N–H and O–H groups in total. The van der Waals surface area contributed by atoms with Gasteiger partial charge in [0.15, 0.2) is 6.29 Å². The molecule has 1 fully saturated rings. The van der Waals surface area contributed by atoms with E-state index in [0.29, 0.717) is 38.1 Å². The van der Waals surface area contributed by atoms with Gasteiger partial charge in [0.25, 0.3) is 0 Å². The normalized spacial score (nSPS) is 17.6. The maximum atomic E-state index is 12.4. The number of rotatable bonds is 13. The number of hydrogen-bond donors (Lipinski definition) is 0. The Bertz CT molecular complexity index is 612. The van der Waals surface area contributed by atoms with Crippen LogP contribution in [0.4, 0.5) is 0 Å². The van der Waals surface area contributed by atoms with Crippen LogP contribution >= 0.6 is 0 Å². The van der Waals surface area contributed by atoms with Crippen LogP contribution in [-0.4, -0.2) is 64.2 Å². The molecule has 2 atom stereocenters. The van der Waals surface area contributed by atoms with Gasteiger partial charge in [0.1, 0.15) is 0 Å². The minimum absolute atomic E-state index is 0.107. The topological polar surface area (TPSA) is 89.5 Å². The number of ether oxygens (including phenoxy) is 6. The lowest BCUT2D eigenvalue weighted by atomic mass is 10.1. The van der Waals surface area contributed by atoms with Gasteiger partial charge >= 0.3 is 12.4 Å². The molecule has 0 radical (unpaired) electrons. The fraction of sp³-hybridized carbons (Fsp3) is 0.500. The number of carbonyl (C=O) groups is 2. The van der Waals surface area contributed by atoms with Gasteiger partial charge in [0, 0.05) is 13.5 Å². The summed E-state index contributed by atoms with van der Waals surface area (Å²) in [6.07, 6.45) is 2.13. The monoisotopic (exact) mass is 394 g/mol. The number of aldehydes is 1. The second-order valence-corrected chi connectivity index (χ2v) is 6.04. The SMILES string of the molecule is C=CC[C@H](CC1(C=O)OCCO1)O[C@@H](OCCOC)OC(=O)c1ccccc1. The first-order chi connectivity index (χ1) is 13.6. The third-order valence-corrected chi connectivity index (χ3v) is 3.96. The molecule has 8 nitrogen and oxygen atoms in total. The summed E-state index contributed by atoms with van der Waals surface area (Å²) in [6, 6.07) is 8.48. The van der Waals surface area contributed by atoms with Crippen molar-refractivity contribution in [2.24, 2.45) is 0 Å². The lowest BCUT2D eigenvalue weighted by Crippen LogP contribution is -2.39. The van der Waals surface area contributed by atoms with Crippen molar-refractivity contribution >= 4 is 12.3 Å². The molecule has 28 heavy (non-hydrogen) atoms. The lowest BCUT2D eigenvalue weighted by Gasteiger charge is -2.28. The molecule has 0 aliphatic carbocycles. The number of hydrogen-bond acceptors (Lipinski definition) is 8. The molecule has 1 aliphatic heterocycles. The Hall–Kier alpha value is -2.10. The second kappa shape index (κ2) is 11.7. The van der Waals surface area contributed by atoms with Gasteiger partial charge in [0.05, 0.1) is 38.1 Å². The summed E-state index contributed by atoms with van der Waals surface area (Å²) in [7, 11) is 1.53. The summed E-state index contributed by atoms with van der Waals surface area (Å²) in [6.45, 7) is 3.47. The van der Waals surface area contributed by atoms with E-state index < -0.39 is 24.3 Å². The number of benzene rings is 1. The molecule has 1 aliphatic rings. The minimum Gasteiger partial charge on any atom is -0.407 e. The zero-order valence-electron chi connectivity index (χ0n) is 15.9. The van der Waals surface area contributed by atoms with E-state index in [0.717, 1.165) is 0 Å². The quantitative estimate of drug-likeness (QED) is 0.165. The summed E-state index contributed by atoms with van der Waals surface area (Å²) in [5.74, 6) is -1.98. The van der Waals surface area contributed by atoms with Gasteiger partial charge in [-0.1, -0.05) is 24.3 Å². The number of methoxy groups -OCH3 is 1. The van der Waals surface area contributed by atoms with Crippen molar-refractivity contribution in [1.82, 2.24) is 0 Å². The fourth-order valence-electron chi connectivity index (χ4n) is 2.61. The van der Waals surface area contributed by atoms with Gasteiger partial charge in [-0.2, -0.15) is 0 Å². The molecular weight excluding hydrogens is 368 g/mol. The summed E-state index contributed by atoms with van der Waals surface area (Å²) < 4.78 is 32.4. The smallest absolute Gasteiger partial charge is 0.342 e. The van der Waals surface area contributed by atoms with E-state index in [1.807, 2.05) is 0 Å². The van der Waals surface area contributed by atoms with Crippen molar-refractivity contribution in [3.05, 3.63) is 48.6 Å². The van der Waals surface area contributed by atoms with Crippen LogP contribution in [0.15, 0.2) is 43.0 Å². The lowest BCUT2D eigenvalue weighted by molar-refractivity contribution is -0.290. The molecule has 0 unspecified atom stereocenters. The van der Waals surface area contributed by atoms with E-state index in [2.05, 4.69) is 6.58 Å². The second-order valence-electron chi connectivity index (χ2n) is 6.04. The Kier molecular flexibility index (Phi) is 9.26. The van der Waals surface area contributed by atoms with Crippen LogP contribution in [0.25, 0.3) is 0 Å². The molecule has 0 spiro atoms. The van der Waals surface area contributed by atoms with Crippen molar-refractivity contribution in [3.8, 4) is 0 Å². The molecule has 0 aromatic heterocycles. The zero-order valence-corrected chi connectivity index (χ0v) is 15.9. The summed E-state index contributed by atoms with van der Waals surface area (Å²) in [4.78, 5) is 23.8. The van der Waals surface area contributed by atoms with Crippen LogP contribution in [0.2, 0.25) is 0 Å². The fourth-order valence-corrected chi connectivity index (χ4v) is 2.61. The molecule has 1 aromatic rings. The summed E-state index contributed by atoms with van der Waals surface area (Å²) in [5.41, 5.74) is 0.360. The minimum atomic E-state index is -1.38. The third kappa shape index (κ3) is 6.81. The molecular formula is C20H26O8. The Morgan fingerprint density at radius 1 is 1.25 bits per heavy atom. The van der Waals surface area contributed by atoms with Gasteiger partial charge in [0.2, 0.25) is 5.79 Å². The summed E-state index contributed by atoms with van der Waals surface area (Å²) in [5, 5.41) is 0. The van der Waals surface area contributed by atoms with E-state index in [-0.39, 0.29) is 13.0 Å². The Morgan fingerprint density at radius 3 is 2.57 bits per heavy atom. The Balaban J connectivity index is 2.05. The molecule has 2 rings (SSSR count). The largest absolute Gasteiger partial charge is 0.407 e. The molecule has 0 bridgehead atoms. The van der Waals surface area contributed by atoms with Gasteiger partial charge in [-0.15, -0.1) is 6.58 Å². The number of carbonyl (C=O) groups excluding carboxylic acids is 2. The average Bonchev–Trinajstić information content (AvgIpc) is 3.18. The molecule has 1 saturated heterocycles. The highest BCUT2D eigenvalue weighted by molar-refractivity contribution is 5.89. The maximum Gasteiger partial charge on any atom is 0.342 e. The van der Waals surface area contributed by atoms with Crippen LogP contribution in [0, 0.1) is 0 Å². The van der Waals surface area contributed by atoms with Gasteiger partial charge in [-0.05, 0) is 18.6 Å². The van der Waals surface area contributed by atoms with Crippen molar-refractivity contribution < 1.29 is 38.0 Å². The van der Waals surface area contributed by atoms with Crippen molar-refractivity contribution in [2.75, 3.05) is 33.5 Å². The van der Waals surface area contributed by atoms with E-state index >= 15 is 0 Å². The van der Waals surface area contributed by atoms with Crippen LogP contribution in [0.1, 0.15) is 23.2 Å². The highest BCUT2D eigenvalue weighted by atomic mass is 16.9.